The van der Waals surface area contributed by atoms with Gasteiger partial charge in [0.1, 0.15) is 18.2 Å². The molecule has 0 aliphatic carbocycles. The smallest absolute Gasteiger partial charge is 0.320 e. The summed E-state index contributed by atoms with van der Waals surface area (Å²) in [7, 11) is 0. The molecule has 2 atom stereocenters. The van der Waals surface area contributed by atoms with Crippen LogP contribution in [0.2, 0.25) is 0 Å². The lowest BCUT2D eigenvalue weighted by atomic mass is 10.0. The van der Waals surface area contributed by atoms with Gasteiger partial charge < -0.3 is 14.8 Å². The van der Waals surface area contributed by atoms with Crippen LogP contribution in [0.1, 0.15) is 25.5 Å². The normalized spacial score (nSPS) is 22.6. The van der Waals surface area contributed by atoms with Gasteiger partial charge in [0.15, 0.2) is 5.79 Å². The van der Waals surface area contributed by atoms with E-state index in [4.69, 9.17) is 9.47 Å². The molecule has 2 heterocycles. The molecule has 1 aliphatic rings. The van der Waals surface area contributed by atoms with Gasteiger partial charge in [-0.1, -0.05) is 30.3 Å². The number of nitrogens with one attached hydrogen (secondary N) is 2. The number of amides is 2. The van der Waals surface area contributed by atoms with Gasteiger partial charge in [0.25, 0.3) is 0 Å². The number of rotatable bonds is 3. The van der Waals surface area contributed by atoms with Gasteiger partial charge in [0.2, 0.25) is 0 Å². The van der Waals surface area contributed by atoms with E-state index < -0.39 is 5.79 Å². The Labute approximate surface area is 140 Å². The van der Waals surface area contributed by atoms with Crippen LogP contribution in [0.25, 0.3) is 0 Å². The molecular formula is C17H20N4O3. The number of carbonyl (C=O) groups excluding carboxylic acids is 1. The average Bonchev–Trinajstić information content (AvgIpc) is 2.58. The molecular weight excluding hydrogens is 308 g/mol. The van der Waals surface area contributed by atoms with Crippen LogP contribution in [-0.4, -0.2) is 34.4 Å². The molecule has 126 valence electrons. The quantitative estimate of drug-likeness (QED) is 0.904. The summed E-state index contributed by atoms with van der Waals surface area (Å²) >= 11 is 0. The lowest BCUT2D eigenvalue weighted by molar-refractivity contribution is -0.284. The van der Waals surface area contributed by atoms with E-state index in [0.29, 0.717) is 12.4 Å². The maximum Gasteiger partial charge on any atom is 0.320 e. The second-order valence-electron chi connectivity index (χ2n) is 5.96. The maximum atomic E-state index is 12.2. The Bertz CT molecular complexity index is 679. The minimum atomic E-state index is -0.707. The molecule has 24 heavy (non-hydrogen) atoms. The highest BCUT2D eigenvalue weighted by molar-refractivity contribution is 5.88. The number of ether oxygens (including phenoxy) is 2. The number of urea groups is 1. The van der Waals surface area contributed by atoms with Crippen LogP contribution in [0.15, 0.2) is 48.9 Å². The van der Waals surface area contributed by atoms with Crippen molar-refractivity contribution in [1.82, 2.24) is 15.3 Å². The molecule has 0 saturated carbocycles. The van der Waals surface area contributed by atoms with Crippen molar-refractivity contribution in [2.45, 2.75) is 31.8 Å². The monoisotopic (exact) mass is 328 g/mol. The zero-order chi connectivity index (χ0) is 17.0. The van der Waals surface area contributed by atoms with E-state index in [9.17, 15) is 4.79 Å². The molecule has 2 aromatic rings. The standard InChI is InChI=1S/C17H20N4O3/c1-17(2)23-10-13(15(24-17)12-6-4-3-5-7-12)20-16(22)21-14-8-9-18-11-19-14/h3-9,11,13,15H,10H2,1-2H3,(H2,18,19,20,21,22)/t13-,15-/m1/s1. The lowest BCUT2D eigenvalue weighted by Crippen LogP contribution is -2.52. The van der Waals surface area contributed by atoms with Crippen LogP contribution >= 0.6 is 0 Å². The molecule has 7 nitrogen and oxygen atoms in total. The highest BCUT2D eigenvalue weighted by Crippen LogP contribution is 2.32. The molecule has 2 N–H and O–H groups in total. The maximum absolute atomic E-state index is 12.2. The molecule has 0 bridgehead atoms. The van der Waals surface area contributed by atoms with Crippen molar-refractivity contribution >= 4 is 11.8 Å². The number of benzene rings is 1. The Kier molecular flexibility index (Phi) is 4.73. The summed E-state index contributed by atoms with van der Waals surface area (Å²) < 4.78 is 11.7. The summed E-state index contributed by atoms with van der Waals surface area (Å²) in [5.74, 6) is -0.279. The fourth-order valence-electron chi connectivity index (χ4n) is 2.55. The molecule has 1 saturated heterocycles. The molecule has 1 fully saturated rings. The SMILES string of the molecule is CC1(C)OC[C@@H](NC(=O)Nc2ccncn2)[C@@H](c2ccccc2)O1. The van der Waals surface area contributed by atoms with Crippen LogP contribution in [0.5, 0.6) is 0 Å². The number of nitrogens with zero attached hydrogens (tertiary/aromatic N) is 2. The number of hydrogen-bond acceptors (Lipinski definition) is 5. The minimum Gasteiger partial charge on any atom is -0.348 e. The summed E-state index contributed by atoms with van der Waals surface area (Å²) in [6.45, 7) is 4.07. The van der Waals surface area contributed by atoms with Crippen molar-refractivity contribution < 1.29 is 14.3 Å². The lowest BCUT2D eigenvalue weighted by Gasteiger charge is -2.41. The highest BCUT2D eigenvalue weighted by Gasteiger charge is 2.38. The first-order valence-electron chi connectivity index (χ1n) is 7.74. The number of hydrogen-bond donors (Lipinski definition) is 2. The van der Waals surface area contributed by atoms with Crippen LogP contribution in [0.4, 0.5) is 10.6 Å². The van der Waals surface area contributed by atoms with Gasteiger partial charge in [-0.15, -0.1) is 0 Å². The van der Waals surface area contributed by atoms with E-state index in [2.05, 4.69) is 20.6 Å². The summed E-state index contributed by atoms with van der Waals surface area (Å²) in [5.41, 5.74) is 0.987. The highest BCUT2D eigenvalue weighted by atomic mass is 16.7. The van der Waals surface area contributed by atoms with E-state index >= 15 is 0 Å². The molecule has 0 spiro atoms. The molecule has 1 aliphatic heterocycles. The Morgan fingerprint density at radius 2 is 2.04 bits per heavy atom. The molecule has 2 amide bonds. The van der Waals surface area contributed by atoms with Gasteiger partial charge >= 0.3 is 6.03 Å². The third-order valence-electron chi connectivity index (χ3n) is 3.65. The van der Waals surface area contributed by atoms with E-state index in [1.165, 1.54) is 6.33 Å². The van der Waals surface area contributed by atoms with Crippen molar-refractivity contribution in [1.29, 1.82) is 0 Å². The Hall–Kier alpha value is -2.51. The molecule has 0 unspecified atom stereocenters. The molecule has 1 aromatic carbocycles. The number of anilines is 1. The van der Waals surface area contributed by atoms with Crippen LogP contribution < -0.4 is 10.6 Å². The zero-order valence-corrected chi connectivity index (χ0v) is 13.6. The zero-order valence-electron chi connectivity index (χ0n) is 13.6. The van der Waals surface area contributed by atoms with E-state index in [0.717, 1.165) is 5.56 Å². The summed E-state index contributed by atoms with van der Waals surface area (Å²) in [4.78, 5) is 20.0. The first-order valence-corrected chi connectivity index (χ1v) is 7.74. The van der Waals surface area contributed by atoms with Gasteiger partial charge in [0.05, 0.1) is 12.6 Å². The third-order valence-corrected chi connectivity index (χ3v) is 3.65. The Morgan fingerprint density at radius 1 is 1.25 bits per heavy atom. The van der Waals surface area contributed by atoms with Gasteiger partial charge in [-0.2, -0.15) is 0 Å². The van der Waals surface area contributed by atoms with Crippen molar-refractivity contribution in [2.24, 2.45) is 0 Å². The summed E-state index contributed by atoms with van der Waals surface area (Å²) in [6, 6.07) is 10.7. The van der Waals surface area contributed by atoms with Gasteiger partial charge in [-0.05, 0) is 25.5 Å². The Morgan fingerprint density at radius 3 is 2.75 bits per heavy atom. The largest absolute Gasteiger partial charge is 0.348 e. The fourth-order valence-corrected chi connectivity index (χ4v) is 2.55. The molecule has 3 rings (SSSR count). The van der Waals surface area contributed by atoms with E-state index in [1.54, 1.807) is 12.3 Å². The first kappa shape index (κ1) is 16.4. The van der Waals surface area contributed by atoms with Crippen LogP contribution in [-0.2, 0) is 9.47 Å². The predicted octanol–water partition coefficient (Wildman–Crippen LogP) is 2.49. The Balaban J connectivity index is 1.71. The molecule has 0 radical (unpaired) electrons. The van der Waals surface area contributed by atoms with Crippen LogP contribution in [0, 0.1) is 0 Å². The van der Waals surface area contributed by atoms with Crippen molar-refractivity contribution in [2.75, 3.05) is 11.9 Å². The molecule has 7 heteroatoms. The third kappa shape index (κ3) is 4.06. The van der Waals surface area contributed by atoms with Crippen LogP contribution in [0.3, 0.4) is 0 Å². The summed E-state index contributed by atoms with van der Waals surface area (Å²) in [5, 5.41) is 5.56. The molecule has 1 aromatic heterocycles. The number of carbonyl (C=O) groups is 1. The van der Waals surface area contributed by atoms with Gasteiger partial charge in [-0.3, -0.25) is 5.32 Å². The topological polar surface area (TPSA) is 85.4 Å². The van der Waals surface area contributed by atoms with Crippen molar-refractivity contribution in [3.63, 3.8) is 0 Å². The minimum absolute atomic E-state index is 0.300. The second-order valence-corrected chi connectivity index (χ2v) is 5.96. The van der Waals surface area contributed by atoms with E-state index in [-0.39, 0.29) is 18.2 Å². The van der Waals surface area contributed by atoms with Gasteiger partial charge in [0, 0.05) is 6.20 Å². The fraction of sp³-hybridized carbons (Fsp3) is 0.353. The summed E-state index contributed by atoms with van der Waals surface area (Å²) in [6.07, 6.45) is 2.63. The van der Waals surface area contributed by atoms with Crippen molar-refractivity contribution in [3.8, 4) is 0 Å². The predicted molar refractivity (Wildman–Crippen MR) is 88.3 cm³/mol. The average molecular weight is 328 g/mol. The van der Waals surface area contributed by atoms with Gasteiger partial charge in [-0.25, -0.2) is 14.8 Å². The second kappa shape index (κ2) is 6.94. The van der Waals surface area contributed by atoms with E-state index in [1.807, 2.05) is 44.2 Å². The first-order chi connectivity index (χ1) is 11.5. The number of aromatic nitrogens is 2. The van der Waals surface area contributed by atoms with Crippen molar-refractivity contribution in [3.05, 3.63) is 54.5 Å².